The fourth-order valence-electron chi connectivity index (χ4n) is 3.49. The topological polar surface area (TPSA) is 85.3 Å². The van der Waals surface area contributed by atoms with E-state index in [2.05, 4.69) is 9.73 Å². The molecule has 0 aliphatic carbocycles. The van der Waals surface area contributed by atoms with E-state index in [1.165, 1.54) is 12.1 Å². The summed E-state index contributed by atoms with van der Waals surface area (Å²) in [5.74, 6) is -0.827. The standard InChI is InChI=1S/C20H16ClF3N2O5S2/c21-12-1-5-14(6-2-12)30-9-18(27)25-19-26(16-10-33(28,29)11-17(16)32-19)13-3-7-15(8-4-13)31-20(22,23)24/h1-8,16-17H,9-11H2. The third kappa shape index (κ3) is 5.92. The van der Waals surface area contributed by atoms with E-state index >= 15 is 0 Å². The predicted octanol–water partition coefficient (Wildman–Crippen LogP) is 3.92. The SMILES string of the molecule is O=C(COc1ccc(Cl)cc1)N=C1SC2CS(=O)(=O)CC2N1c1ccc(OC(F)(F)F)cc1. The summed E-state index contributed by atoms with van der Waals surface area (Å²) in [5, 5.41) is 0.416. The van der Waals surface area contributed by atoms with Crippen molar-refractivity contribution in [2.45, 2.75) is 17.7 Å². The minimum atomic E-state index is -4.83. The number of rotatable bonds is 5. The van der Waals surface area contributed by atoms with Crippen molar-refractivity contribution in [1.82, 2.24) is 0 Å². The van der Waals surface area contributed by atoms with Gasteiger partial charge in [-0.25, -0.2) is 8.42 Å². The fourth-order valence-corrected chi connectivity index (χ4v) is 7.55. The molecule has 2 aliphatic heterocycles. The van der Waals surface area contributed by atoms with Gasteiger partial charge in [-0.15, -0.1) is 13.2 Å². The minimum Gasteiger partial charge on any atom is -0.484 e. The molecule has 2 heterocycles. The van der Waals surface area contributed by atoms with E-state index in [0.717, 1.165) is 23.9 Å². The molecule has 0 aromatic heterocycles. The number of alkyl halides is 3. The van der Waals surface area contributed by atoms with Crippen LogP contribution in [0.15, 0.2) is 53.5 Å². The number of nitrogens with zero attached hydrogens (tertiary/aromatic N) is 2. The number of carbonyl (C=O) groups excluding carboxylic acids is 1. The van der Waals surface area contributed by atoms with Crippen LogP contribution in [0.1, 0.15) is 0 Å². The zero-order valence-corrected chi connectivity index (χ0v) is 19.0. The van der Waals surface area contributed by atoms with Crippen LogP contribution in [0.3, 0.4) is 0 Å². The third-order valence-corrected chi connectivity index (χ3v) is 8.27. The first-order valence-corrected chi connectivity index (χ1v) is 12.6. The summed E-state index contributed by atoms with van der Waals surface area (Å²) >= 11 is 6.96. The van der Waals surface area contributed by atoms with Gasteiger partial charge in [-0.2, -0.15) is 4.99 Å². The van der Waals surface area contributed by atoms with Crippen LogP contribution in [-0.4, -0.2) is 55.3 Å². The van der Waals surface area contributed by atoms with Crippen molar-refractivity contribution in [3.63, 3.8) is 0 Å². The molecule has 0 saturated carbocycles. The molecule has 33 heavy (non-hydrogen) atoms. The molecular formula is C20H16ClF3N2O5S2. The first kappa shape index (κ1) is 23.7. The fraction of sp³-hybridized carbons (Fsp3) is 0.300. The van der Waals surface area contributed by atoms with Gasteiger partial charge >= 0.3 is 6.36 Å². The number of aliphatic imine (C=N–C) groups is 1. The molecule has 2 unspecified atom stereocenters. The highest BCUT2D eigenvalue weighted by atomic mass is 35.5. The number of amidine groups is 1. The average Bonchev–Trinajstić information content (AvgIpc) is 3.18. The van der Waals surface area contributed by atoms with E-state index in [9.17, 15) is 26.4 Å². The molecule has 7 nitrogen and oxygen atoms in total. The Balaban J connectivity index is 1.54. The molecule has 2 aromatic rings. The van der Waals surface area contributed by atoms with Gasteiger partial charge < -0.3 is 14.4 Å². The molecule has 1 amide bonds. The van der Waals surface area contributed by atoms with Crippen molar-refractivity contribution in [2.24, 2.45) is 4.99 Å². The van der Waals surface area contributed by atoms with E-state index in [-0.39, 0.29) is 28.5 Å². The van der Waals surface area contributed by atoms with Crippen LogP contribution in [0.4, 0.5) is 18.9 Å². The van der Waals surface area contributed by atoms with E-state index < -0.39 is 33.9 Å². The quantitative estimate of drug-likeness (QED) is 0.590. The van der Waals surface area contributed by atoms with Gasteiger partial charge in [0.05, 0.1) is 17.5 Å². The van der Waals surface area contributed by atoms with Crippen LogP contribution < -0.4 is 14.4 Å². The number of sulfone groups is 1. The number of carbonyl (C=O) groups is 1. The van der Waals surface area contributed by atoms with E-state index in [4.69, 9.17) is 16.3 Å². The maximum Gasteiger partial charge on any atom is 0.573 e. The number of fused-ring (bicyclic) bond motifs is 1. The molecular weight excluding hydrogens is 505 g/mol. The highest BCUT2D eigenvalue weighted by Gasteiger charge is 2.49. The second-order valence-corrected chi connectivity index (χ2v) is 11.0. The smallest absolute Gasteiger partial charge is 0.484 e. The first-order valence-electron chi connectivity index (χ1n) is 9.51. The van der Waals surface area contributed by atoms with Gasteiger partial charge in [0.2, 0.25) is 0 Å². The van der Waals surface area contributed by atoms with Crippen molar-refractivity contribution in [1.29, 1.82) is 0 Å². The first-order chi connectivity index (χ1) is 15.5. The molecule has 13 heteroatoms. The lowest BCUT2D eigenvalue weighted by molar-refractivity contribution is -0.274. The summed E-state index contributed by atoms with van der Waals surface area (Å²) in [4.78, 5) is 18.1. The van der Waals surface area contributed by atoms with Crippen LogP contribution >= 0.6 is 23.4 Å². The Morgan fingerprint density at radius 3 is 2.36 bits per heavy atom. The van der Waals surface area contributed by atoms with E-state index in [1.54, 1.807) is 29.2 Å². The van der Waals surface area contributed by atoms with Crippen LogP contribution in [0, 0.1) is 0 Å². The molecule has 0 bridgehead atoms. The van der Waals surface area contributed by atoms with Crippen molar-refractivity contribution in [3.05, 3.63) is 53.6 Å². The van der Waals surface area contributed by atoms with Gasteiger partial charge in [0.15, 0.2) is 21.6 Å². The predicted molar refractivity (Wildman–Crippen MR) is 119 cm³/mol. The van der Waals surface area contributed by atoms with Crippen LogP contribution in [-0.2, 0) is 14.6 Å². The Kier molecular flexibility index (Phi) is 6.52. The summed E-state index contributed by atoms with van der Waals surface area (Å²) < 4.78 is 70.9. The monoisotopic (exact) mass is 520 g/mol. The third-order valence-electron chi connectivity index (χ3n) is 4.81. The molecule has 2 saturated heterocycles. The Bertz CT molecular complexity index is 1170. The van der Waals surface area contributed by atoms with Crippen molar-refractivity contribution in [2.75, 3.05) is 23.0 Å². The number of halogens is 4. The average molecular weight is 521 g/mol. The van der Waals surface area contributed by atoms with Gasteiger partial charge in [-0.1, -0.05) is 23.4 Å². The Hall–Kier alpha value is -2.44. The number of benzene rings is 2. The molecule has 0 spiro atoms. The second kappa shape index (κ2) is 9.07. The summed E-state index contributed by atoms with van der Waals surface area (Å²) in [6.45, 7) is -0.356. The normalized spacial score (nSPS) is 22.9. The Morgan fingerprint density at radius 2 is 1.73 bits per heavy atom. The number of hydrogen-bond donors (Lipinski definition) is 0. The second-order valence-electron chi connectivity index (χ2n) is 7.24. The maximum atomic E-state index is 12.4. The van der Waals surface area contributed by atoms with Crippen molar-refractivity contribution < 1.29 is 35.9 Å². The number of amides is 1. The van der Waals surface area contributed by atoms with Crippen LogP contribution in [0.2, 0.25) is 5.02 Å². The molecule has 4 rings (SSSR count). The minimum absolute atomic E-state index is 0.0808. The maximum absolute atomic E-state index is 12.4. The summed E-state index contributed by atoms with van der Waals surface area (Å²) in [6.07, 6.45) is -4.83. The van der Waals surface area contributed by atoms with Gasteiger partial charge in [-0.3, -0.25) is 4.79 Å². The molecule has 176 valence electrons. The van der Waals surface area contributed by atoms with Gasteiger partial charge in [0.25, 0.3) is 5.91 Å². The number of ether oxygens (including phenoxy) is 2. The molecule has 2 fully saturated rings. The summed E-state index contributed by atoms with van der Waals surface area (Å²) in [5.41, 5.74) is 0.395. The number of anilines is 1. The van der Waals surface area contributed by atoms with Gasteiger partial charge in [0.1, 0.15) is 11.5 Å². The number of hydrogen-bond acceptors (Lipinski definition) is 6. The van der Waals surface area contributed by atoms with Crippen molar-refractivity contribution in [3.8, 4) is 11.5 Å². The number of thioether (sulfide) groups is 1. The zero-order chi connectivity index (χ0) is 23.8. The van der Waals surface area contributed by atoms with Gasteiger partial charge in [0, 0.05) is 16.0 Å². The van der Waals surface area contributed by atoms with E-state index in [1.807, 2.05) is 0 Å². The highest BCUT2D eigenvalue weighted by molar-refractivity contribution is 8.16. The van der Waals surface area contributed by atoms with Gasteiger partial charge in [-0.05, 0) is 48.5 Å². The largest absolute Gasteiger partial charge is 0.573 e. The zero-order valence-electron chi connectivity index (χ0n) is 16.7. The Labute approximate surface area is 196 Å². The lowest BCUT2D eigenvalue weighted by Crippen LogP contribution is -2.37. The van der Waals surface area contributed by atoms with Crippen molar-refractivity contribution >= 4 is 50.0 Å². The Morgan fingerprint density at radius 1 is 1.09 bits per heavy atom. The van der Waals surface area contributed by atoms with E-state index in [0.29, 0.717) is 16.5 Å². The van der Waals surface area contributed by atoms with Crippen LogP contribution in [0.25, 0.3) is 0 Å². The molecule has 0 radical (unpaired) electrons. The summed E-state index contributed by atoms with van der Waals surface area (Å²) in [6, 6.07) is 10.9. The molecule has 2 aliphatic rings. The summed E-state index contributed by atoms with van der Waals surface area (Å²) in [7, 11) is -3.29. The van der Waals surface area contributed by atoms with Crippen LogP contribution in [0.5, 0.6) is 11.5 Å². The molecule has 2 aromatic carbocycles. The lowest BCUT2D eigenvalue weighted by Gasteiger charge is -2.24. The molecule has 0 N–H and O–H groups in total. The molecule has 2 atom stereocenters. The lowest BCUT2D eigenvalue weighted by atomic mass is 10.2. The highest BCUT2D eigenvalue weighted by Crippen LogP contribution is 2.41.